The van der Waals surface area contributed by atoms with E-state index in [0.717, 1.165) is 10.7 Å². The molecule has 0 aliphatic carbocycles. The fourth-order valence-electron chi connectivity index (χ4n) is 1.62. The van der Waals surface area contributed by atoms with Gasteiger partial charge in [-0.3, -0.25) is 0 Å². The molecule has 0 saturated carbocycles. The van der Waals surface area contributed by atoms with Gasteiger partial charge in [0.15, 0.2) is 5.69 Å². The van der Waals surface area contributed by atoms with Gasteiger partial charge in [0.1, 0.15) is 11.4 Å². The lowest BCUT2D eigenvalue weighted by Crippen LogP contribution is -2.08. The van der Waals surface area contributed by atoms with Crippen LogP contribution in [0.3, 0.4) is 0 Å². The van der Waals surface area contributed by atoms with E-state index in [2.05, 4.69) is 5.10 Å². The van der Waals surface area contributed by atoms with Gasteiger partial charge in [-0.2, -0.15) is 18.3 Å². The van der Waals surface area contributed by atoms with Gasteiger partial charge in [0.2, 0.25) is 0 Å². The first kappa shape index (κ1) is 13.3. The summed E-state index contributed by atoms with van der Waals surface area (Å²) in [5.41, 5.74) is 5.49. The number of hydrogen-bond donors (Lipinski definition) is 1. The molecule has 0 radical (unpaired) electrons. The predicted molar refractivity (Wildman–Crippen MR) is 64.1 cm³/mol. The number of rotatable bonds is 3. The number of benzene rings is 1. The molecule has 2 N–H and O–H groups in total. The fourth-order valence-corrected chi connectivity index (χ4v) is 1.62. The normalized spacial score (nSPS) is 11.6. The Morgan fingerprint density at radius 2 is 2.05 bits per heavy atom. The third-order valence-corrected chi connectivity index (χ3v) is 2.47. The maximum Gasteiger partial charge on any atom is 0.435 e. The van der Waals surface area contributed by atoms with Gasteiger partial charge in [-0.25, -0.2) is 4.68 Å². The Hall–Kier alpha value is -2.18. The van der Waals surface area contributed by atoms with Crippen LogP contribution < -0.4 is 10.5 Å². The van der Waals surface area contributed by atoms with Gasteiger partial charge >= 0.3 is 6.18 Å². The molecule has 0 spiro atoms. The Morgan fingerprint density at radius 3 is 2.63 bits per heavy atom. The lowest BCUT2D eigenvalue weighted by Gasteiger charge is -2.11. The average Bonchev–Trinajstić information content (AvgIpc) is 2.81. The van der Waals surface area contributed by atoms with Crippen molar-refractivity contribution in [1.29, 1.82) is 0 Å². The first-order valence-electron chi connectivity index (χ1n) is 5.58. The molecule has 0 aliphatic heterocycles. The number of halogens is 3. The van der Waals surface area contributed by atoms with Crippen molar-refractivity contribution in [3.05, 3.63) is 36.2 Å². The third kappa shape index (κ3) is 2.64. The van der Waals surface area contributed by atoms with Crippen molar-refractivity contribution in [2.45, 2.75) is 13.1 Å². The lowest BCUT2D eigenvalue weighted by molar-refractivity contribution is -0.141. The zero-order valence-electron chi connectivity index (χ0n) is 10.1. The molecule has 0 amide bonds. The van der Waals surface area contributed by atoms with E-state index in [1.165, 1.54) is 6.20 Å². The topological polar surface area (TPSA) is 53.1 Å². The summed E-state index contributed by atoms with van der Waals surface area (Å²) >= 11 is 0. The third-order valence-electron chi connectivity index (χ3n) is 2.47. The molecule has 19 heavy (non-hydrogen) atoms. The Bertz CT molecular complexity index is 578. The Kier molecular flexibility index (Phi) is 3.37. The average molecular weight is 271 g/mol. The number of hydrogen-bond acceptors (Lipinski definition) is 3. The highest BCUT2D eigenvalue weighted by Crippen LogP contribution is 2.31. The summed E-state index contributed by atoms with van der Waals surface area (Å²) in [5, 5.41) is 3.47. The predicted octanol–water partition coefficient (Wildman–Crippen LogP) is 2.87. The Balaban J connectivity index is 2.42. The molecule has 0 atom stereocenters. The summed E-state index contributed by atoms with van der Waals surface area (Å²) in [6, 6.07) is 5.76. The van der Waals surface area contributed by atoms with Gasteiger partial charge in [0.05, 0.1) is 12.3 Å². The highest BCUT2D eigenvalue weighted by Gasteiger charge is 2.33. The molecule has 0 bridgehead atoms. The van der Waals surface area contributed by atoms with E-state index in [1.54, 1.807) is 25.1 Å². The van der Waals surface area contributed by atoms with Gasteiger partial charge in [-0.05, 0) is 25.1 Å². The standard InChI is InChI=1S/C12H12F3N3O/c1-2-19-9-5-3-4-8(11(9)16)18-7-6-10(17-18)12(13,14)15/h3-7H,2,16H2,1H3. The summed E-state index contributed by atoms with van der Waals surface area (Å²) in [4.78, 5) is 0. The first-order valence-corrected chi connectivity index (χ1v) is 5.58. The molecule has 0 aliphatic rings. The number of ether oxygens (including phenoxy) is 1. The van der Waals surface area contributed by atoms with Crippen LogP contribution in [0, 0.1) is 0 Å². The van der Waals surface area contributed by atoms with Crippen LogP contribution in [0.1, 0.15) is 12.6 Å². The molecule has 4 nitrogen and oxygen atoms in total. The molecular formula is C12H12F3N3O. The molecule has 1 aromatic heterocycles. The molecule has 0 unspecified atom stereocenters. The quantitative estimate of drug-likeness (QED) is 0.873. The van der Waals surface area contributed by atoms with Crippen LogP contribution in [0.15, 0.2) is 30.5 Å². The van der Waals surface area contributed by atoms with Crippen LogP contribution in [0.25, 0.3) is 5.69 Å². The highest BCUT2D eigenvalue weighted by molar-refractivity contribution is 5.66. The molecule has 1 aromatic carbocycles. The molecule has 1 heterocycles. The maximum atomic E-state index is 12.5. The molecule has 0 saturated heterocycles. The summed E-state index contributed by atoms with van der Waals surface area (Å²) in [6.07, 6.45) is -3.26. The molecule has 0 fully saturated rings. The van der Waals surface area contributed by atoms with Crippen LogP contribution in [0.4, 0.5) is 18.9 Å². The van der Waals surface area contributed by atoms with Crippen molar-refractivity contribution in [1.82, 2.24) is 9.78 Å². The zero-order chi connectivity index (χ0) is 14.0. The largest absolute Gasteiger partial charge is 0.492 e. The summed E-state index contributed by atoms with van der Waals surface area (Å²) < 4.78 is 43.8. The van der Waals surface area contributed by atoms with Crippen molar-refractivity contribution >= 4 is 5.69 Å². The second-order valence-electron chi connectivity index (χ2n) is 3.77. The minimum Gasteiger partial charge on any atom is -0.492 e. The van der Waals surface area contributed by atoms with Crippen LogP contribution in [-0.2, 0) is 6.18 Å². The first-order chi connectivity index (χ1) is 8.93. The van der Waals surface area contributed by atoms with Crippen molar-refractivity contribution in [2.24, 2.45) is 0 Å². The minimum absolute atomic E-state index is 0.251. The number of para-hydroxylation sites is 1. The molecule has 2 rings (SSSR count). The van der Waals surface area contributed by atoms with Gasteiger partial charge in [0, 0.05) is 6.20 Å². The monoisotopic (exact) mass is 271 g/mol. The van der Waals surface area contributed by atoms with Crippen LogP contribution in [0.5, 0.6) is 5.75 Å². The van der Waals surface area contributed by atoms with Crippen molar-refractivity contribution in [3.63, 3.8) is 0 Å². The molecule has 2 aromatic rings. The second-order valence-corrected chi connectivity index (χ2v) is 3.77. The molecule has 102 valence electrons. The van der Waals surface area contributed by atoms with Gasteiger partial charge in [-0.15, -0.1) is 0 Å². The molecular weight excluding hydrogens is 259 g/mol. The number of nitrogen functional groups attached to an aromatic ring is 1. The highest BCUT2D eigenvalue weighted by atomic mass is 19.4. The van der Waals surface area contributed by atoms with E-state index < -0.39 is 11.9 Å². The van der Waals surface area contributed by atoms with E-state index >= 15 is 0 Å². The van der Waals surface area contributed by atoms with Crippen LogP contribution in [0.2, 0.25) is 0 Å². The van der Waals surface area contributed by atoms with E-state index in [9.17, 15) is 13.2 Å². The van der Waals surface area contributed by atoms with Crippen LogP contribution >= 0.6 is 0 Å². The van der Waals surface area contributed by atoms with E-state index in [0.29, 0.717) is 18.0 Å². The van der Waals surface area contributed by atoms with Gasteiger partial charge < -0.3 is 10.5 Å². The number of nitrogens with two attached hydrogens (primary N) is 1. The minimum atomic E-state index is -4.47. The summed E-state index contributed by atoms with van der Waals surface area (Å²) in [5.74, 6) is 0.420. The van der Waals surface area contributed by atoms with Gasteiger partial charge in [-0.1, -0.05) is 6.07 Å². The van der Waals surface area contributed by atoms with E-state index in [1.807, 2.05) is 0 Å². The fraction of sp³-hybridized carbons (Fsp3) is 0.250. The number of anilines is 1. The Labute approximate surface area is 107 Å². The zero-order valence-corrected chi connectivity index (χ0v) is 10.1. The maximum absolute atomic E-state index is 12.5. The van der Waals surface area contributed by atoms with Crippen LogP contribution in [-0.4, -0.2) is 16.4 Å². The number of nitrogens with zero attached hydrogens (tertiary/aromatic N) is 2. The van der Waals surface area contributed by atoms with Crippen molar-refractivity contribution in [2.75, 3.05) is 12.3 Å². The number of alkyl halides is 3. The number of aromatic nitrogens is 2. The Morgan fingerprint density at radius 1 is 1.32 bits per heavy atom. The SMILES string of the molecule is CCOc1cccc(-n2ccc(C(F)(F)F)n2)c1N. The van der Waals surface area contributed by atoms with Crippen molar-refractivity contribution in [3.8, 4) is 11.4 Å². The molecule has 7 heteroatoms. The summed E-state index contributed by atoms with van der Waals surface area (Å²) in [6.45, 7) is 2.21. The smallest absolute Gasteiger partial charge is 0.435 e. The summed E-state index contributed by atoms with van der Waals surface area (Å²) in [7, 11) is 0. The van der Waals surface area contributed by atoms with Gasteiger partial charge in [0.25, 0.3) is 0 Å². The second kappa shape index (κ2) is 4.83. The van der Waals surface area contributed by atoms with Crippen molar-refractivity contribution < 1.29 is 17.9 Å². The lowest BCUT2D eigenvalue weighted by atomic mass is 10.2. The van der Waals surface area contributed by atoms with E-state index in [-0.39, 0.29) is 5.69 Å². The van der Waals surface area contributed by atoms with E-state index in [4.69, 9.17) is 10.5 Å².